The Balaban J connectivity index is 1.76. The van der Waals surface area contributed by atoms with Gasteiger partial charge in [-0.2, -0.15) is 0 Å². The molecule has 166 valence electrons. The molecule has 2 aromatic carbocycles. The molecule has 2 rings (SSSR count). The van der Waals surface area contributed by atoms with Gasteiger partial charge < -0.3 is 24.3 Å². The Bertz CT molecular complexity index is 893. The summed E-state index contributed by atoms with van der Waals surface area (Å²) >= 11 is 0. The summed E-state index contributed by atoms with van der Waals surface area (Å²) in [7, 11) is 1.56. The maximum absolute atomic E-state index is 11.9. The fraction of sp³-hybridized carbons (Fsp3) is 0.333. The fourth-order valence-electron chi connectivity index (χ4n) is 2.80. The summed E-state index contributed by atoms with van der Waals surface area (Å²) in [5.41, 5.74) is 1.75. The highest BCUT2D eigenvalue weighted by Crippen LogP contribution is 2.28. The lowest BCUT2D eigenvalue weighted by atomic mass is 10.1. The second kappa shape index (κ2) is 13.0. The van der Waals surface area contributed by atoms with E-state index in [-0.39, 0.29) is 12.5 Å². The van der Waals surface area contributed by atoms with Gasteiger partial charge in [0.05, 0.1) is 20.3 Å². The third-order valence-corrected chi connectivity index (χ3v) is 4.23. The van der Waals surface area contributed by atoms with Crippen molar-refractivity contribution in [2.75, 3.05) is 33.5 Å². The number of ether oxygens (including phenoxy) is 4. The van der Waals surface area contributed by atoms with E-state index in [1.165, 1.54) is 6.08 Å². The molecule has 0 atom stereocenters. The maximum Gasteiger partial charge on any atom is 0.331 e. The number of hydrogen-bond donors (Lipinski definition) is 1. The van der Waals surface area contributed by atoms with E-state index in [0.29, 0.717) is 43.4 Å². The number of benzene rings is 2. The first kappa shape index (κ1) is 23.8. The van der Waals surface area contributed by atoms with Crippen LogP contribution in [0.15, 0.2) is 48.5 Å². The molecule has 0 aromatic heterocycles. The molecule has 7 nitrogen and oxygen atoms in total. The smallest absolute Gasteiger partial charge is 0.331 e. The molecule has 31 heavy (non-hydrogen) atoms. The van der Waals surface area contributed by atoms with Crippen LogP contribution in [0.3, 0.4) is 0 Å². The maximum atomic E-state index is 11.9. The van der Waals surface area contributed by atoms with E-state index >= 15 is 0 Å². The first-order chi connectivity index (χ1) is 15.1. The van der Waals surface area contributed by atoms with Gasteiger partial charge in [-0.05, 0) is 50.1 Å². The molecule has 2 aromatic rings. The predicted molar refractivity (Wildman–Crippen MR) is 118 cm³/mol. The Morgan fingerprint density at radius 1 is 0.968 bits per heavy atom. The van der Waals surface area contributed by atoms with Crippen molar-refractivity contribution in [1.29, 1.82) is 0 Å². The second-order valence-electron chi connectivity index (χ2n) is 6.43. The van der Waals surface area contributed by atoms with Crippen LogP contribution in [-0.4, -0.2) is 45.4 Å². The van der Waals surface area contributed by atoms with Gasteiger partial charge in [-0.25, -0.2) is 4.79 Å². The Kier molecular flexibility index (Phi) is 9.94. The number of carbonyl (C=O) groups excluding carboxylic acids is 2. The fourth-order valence-corrected chi connectivity index (χ4v) is 2.80. The molecule has 0 unspecified atom stereocenters. The summed E-state index contributed by atoms with van der Waals surface area (Å²) in [5, 5.41) is 2.74. The Morgan fingerprint density at radius 2 is 1.71 bits per heavy atom. The van der Waals surface area contributed by atoms with Crippen molar-refractivity contribution in [2.24, 2.45) is 0 Å². The number of esters is 1. The Hall–Kier alpha value is -3.48. The molecule has 0 spiro atoms. The van der Waals surface area contributed by atoms with Gasteiger partial charge in [0.15, 0.2) is 18.1 Å². The highest BCUT2D eigenvalue weighted by molar-refractivity contribution is 5.89. The highest BCUT2D eigenvalue weighted by atomic mass is 16.5. The van der Waals surface area contributed by atoms with Crippen molar-refractivity contribution in [3.8, 4) is 17.2 Å². The number of rotatable bonds is 12. The van der Waals surface area contributed by atoms with Crippen LogP contribution in [0.25, 0.3) is 6.08 Å². The van der Waals surface area contributed by atoms with Gasteiger partial charge in [0.25, 0.3) is 5.91 Å². The SMILES string of the molecule is CCOc1ccc(CCNC(=O)COC(=O)/C=C\c2ccccc2OC)cc1OCC. The van der Waals surface area contributed by atoms with Crippen LogP contribution in [-0.2, 0) is 20.7 Å². The molecule has 7 heteroatoms. The van der Waals surface area contributed by atoms with Gasteiger partial charge in [0, 0.05) is 18.2 Å². The Labute approximate surface area is 183 Å². The number of amides is 1. The number of para-hydroxylation sites is 1. The van der Waals surface area contributed by atoms with E-state index in [9.17, 15) is 9.59 Å². The van der Waals surface area contributed by atoms with Crippen molar-refractivity contribution in [3.63, 3.8) is 0 Å². The molecule has 0 saturated carbocycles. The monoisotopic (exact) mass is 427 g/mol. The average molecular weight is 427 g/mol. The zero-order valence-electron chi connectivity index (χ0n) is 18.2. The summed E-state index contributed by atoms with van der Waals surface area (Å²) in [4.78, 5) is 23.8. The molecule has 0 heterocycles. The van der Waals surface area contributed by atoms with Crippen molar-refractivity contribution < 1.29 is 28.5 Å². The highest BCUT2D eigenvalue weighted by Gasteiger charge is 2.08. The molecule has 1 N–H and O–H groups in total. The lowest BCUT2D eigenvalue weighted by Crippen LogP contribution is -2.30. The quantitative estimate of drug-likeness (QED) is 0.413. The summed E-state index contributed by atoms with van der Waals surface area (Å²) in [6.07, 6.45) is 3.46. The van der Waals surface area contributed by atoms with Crippen LogP contribution in [0.4, 0.5) is 0 Å². The van der Waals surface area contributed by atoms with Crippen molar-refractivity contribution in [3.05, 3.63) is 59.7 Å². The second-order valence-corrected chi connectivity index (χ2v) is 6.43. The van der Waals surface area contributed by atoms with Gasteiger partial charge in [0.1, 0.15) is 5.75 Å². The Morgan fingerprint density at radius 3 is 2.45 bits per heavy atom. The van der Waals surface area contributed by atoms with E-state index in [1.54, 1.807) is 19.3 Å². The predicted octanol–water partition coefficient (Wildman–Crippen LogP) is 3.41. The standard InChI is InChI=1S/C24H29NO6/c1-4-29-21-12-10-18(16-22(21)30-5-2)14-15-25-23(26)17-31-24(27)13-11-19-8-6-7-9-20(19)28-3/h6-13,16H,4-5,14-15,17H2,1-3H3,(H,25,26)/b13-11-. The molecule has 0 fully saturated rings. The lowest BCUT2D eigenvalue weighted by Gasteiger charge is -2.12. The van der Waals surface area contributed by atoms with E-state index in [2.05, 4.69) is 5.32 Å². The molecular weight excluding hydrogens is 398 g/mol. The van der Waals surface area contributed by atoms with Gasteiger partial charge in [-0.1, -0.05) is 24.3 Å². The minimum Gasteiger partial charge on any atom is -0.496 e. The zero-order chi connectivity index (χ0) is 22.5. The lowest BCUT2D eigenvalue weighted by molar-refractivity contribution is -0.143. The van der Waals surface area contributed by atoms with E-state index < -0.39 is 5.97 Å². The molecule has 0 bridgehead atoms. The molecule has 0 aliphatic heterocycles. The van der Waals surface area contributed by atoms with Crippen LogP contribution >= 0.6 is 0 Å². The summed E-state index contributed by atoms with van der Waals surface area (Å²) in [6.45, 7) is 4.99. The largest absolute Gasteiger partial charge is 0.496 e. The molecule has 0 aliphatic carbocycles. The molecule has 0 radical (unpaired) electrons. The van der Waals surface area contributed by atoms with Crippen molar-refractivity contribution >= 4 is 18.0 Å². The zero-order valence-corrected chi connectivity index (χ0v) is 18.2. The van der Waals surface area contributed by atoms with Crippen molar-refractivity contribution in [2.45, 2.75) is 20.3 Å². The number of carbonyl (C=O) groups is 2. The number of methoxy groups -OCH3 is 1. The minimum atomic E-state index is -0.603. The van der Waals surface area contributed by atoms with E-state index in [4.69, 9.17) is 18.9 Å². The van der Waals surface area contributed by atoms with Crippen molar-refractivity contribution in [1.82, 2.24) is 5.32 Å². The first-order valence-electron chi connectivity index (χ1n) is 10.2. The topological polar surface area (TPSA) is 83.1 Å². The third kappa shape index (κ3) is 8.04. The summed E-state index contributed by atoms with van der Waals surface area (Å²) in [6, 6.07) is 13.0. The first-order valence-corrected chi connectivity index (χ1v) is 10.2. The third-order valence-electron chi connectivity index (χ3n) is 4.23. The van der Waals surface area contributed by atoms with Crippen LogP contribution in [0, 0.1) is 0 Å². The number of nitrogens with one attached hydrogen (secondary N) is 1. The van der Waals surface area contributed by atoms with E-state index in [1.807, 2.05) is 50.2 Å². The van der Waals surface area contributed by atoms with Gasteiger partial charge in [-0.15, -0.1) is 0 Å². The average Bonchev–Trinajstić information content (AvgIpc) is 2.78. The van der Waals surface area contributed by atoms with E-state index in [0.717, 1.165) is 11.1 Å². The van der Waals surface area contributed by atoms with Gasteiger partial charge >= 0.3 is 5.97 Å². The van der Waals surface area contributed by atoms with Gasteiger partial charge in [0.2, 0.25) is 0 Å². The van der Waals surface area contributed by atoms with Crippen LogP contribution in [0.2, 0.25) is 0 Å². The minimum absolute atomic E-state index is 0.345. The van der Waals surface area contributed by atoms with Crippen LogP contribution in [0.5, 0.6) is 17.2 Å². The normalized spacial score (nSPS) is 10.5. The molecule has 0 saturated heterocycles. The van der Waals surface area contributed by atoms with Crippen LogP contribution in [0.1, 0.15) is 25.0 Å². The number of hydrogen-bond acceptors (Lipinski definition) is 6. The molecule has 0 aliphatic rings. The molecular formula is C24H29NO6. The summed E-state index contributed by atoms with van der Waals surface area (Å²) in [5.74, 6) is 1.06. The van der Waals surface area contributed by atoms with Gasteiger partial charge in [-0.3, -0.25) is 4.79 Å². The summed E-state index contributed by atoms with van der Waals surface area (Å²) < 4.78 is 21.3. The van der Waals surface area contributed by atoms with Crippen LogP contribution < -0.4 is 19.5 Å². The molecule has 1 amide bonds.